The van der Waals surface area contributed by atoms with E-state index >= 15 is 0 Å². The van der Waals surface area contributed by atoms with Crippen molar-refractivity contribution < 1.29 is 4.79 Å². The van der Waals surface area contributed by atoms with Gasteiger partial charge < -0.3 is 10.2 Å². The molecular weight excluding hydrogens is 328 g/mol. The zero-order valence-electron chi connectivity index (χ0n) is 13.0. The van der Waals surface area contributed by atoms with E-state index in [4.69, 9.17) is 11.6 Å². The second-order valence-corrected chi connectivity index (χ2v) is 6.92. The summed E-state index contributed by atoms with van der Waals surface area (Å²) in [5.74, 6) is -0.132. The van der Waals surface area contributed by atoms with Gasteiger partial charge in [-0.3, -0.25) is 4.79 Å². The molecule has 0 aliphatic rings. The summed E-state index contributed by atoms with van der Waals surface area (Å²) in [5, 5.41) is 4.40. The molecule has 5 heteroatoms. The molecule has 0 saturated carbocycles. The molecule has 0 spiro atoms. The Balaban J connectivity index is 1.72. The molecule has 3 nitrogen and oxygen atoms in total. The summed E-state index contributed by atoms with van der Waals surface area (Å²) < 4.78 is 1.03. The Morgan fingerprint density at radius 2 is 1.83 bits per heavy atom. The van der Waals surface area contributed by atoms with Gasteiger partial charge in [0.15, 0.2) is 0 Å². The standard InChI is InChI=1S/C18H17ClN2OS/c1-21(2)13-9-7-12(8-10-13)11-20-18(22)17-16(19)14-5-3-4-6-15(14)23-17/h3-10H,11H2,1-2H3,(H,20,22). The first-order valence-electron chi connectivity index (χ1n) is 7.28. The molecule has 3 aromatic rings. The van der Waals surface area contributed by atoms with E-state index in [0.29, 0.717) is 16.4 Å². The summed E-state index contributed by atoms with van der Waals surface area (Å²) in [4.78, 5) is 15.0. The van der Waals surface area contributed by atoms with Crippen LogP contribution in [0.3, 0.4) is 0 Å². The van der Waals surface area contributed by atoms with Gasteiger partial charge in [-0.05, 0) is 23.8 Å². The third kappa shape index (κ3) is 3.33. The van der Waals surface area contributed by atoms with E-state index < -0.39 is 0 Å². The highest BCUT2D eigenvalue weighted by Crippen LogP contribution is 2.34. The fourth-order valence-electron chi connectivity index (χ4n) is 2.33. The van der Waals surface area contributed by atoms with E-state index in [1.165, 1.54) is 11.3 Å². The maximum atomic E-state index is 12.4. The second-order valence-electron chi connectivity index (χ2n) is 5.48. The summed E-state index contributed by atoms with van der Waals surface area (Å²) in [5.41, 5.74) is 2.19. The topological polar surface area (TPSA) is 32.3 Å². The molecule has 0 saturated heterocycles. The van der Waals surface area contributed by atoms with E-state index in [-0.39, 0.29) is 5.91 Å². The zero-order chi connectivity index (χ0) is 16.4. The van der Waals surface area contributed by atoms with Crippen LogP contribution < -0.4 is 10.2 Å². The van der Waals surface area contributed by atoms with E-state index in [9.17, 15) is 4.79 Å². The molecule has 1 heterocycles. The van der Waals surface area contributed by atoms with Crippen LogP contribution in [0.1, 0.15) is 15.2 Å². The predicted molar refractivity (Wildman–Crippen MR) is 98.8 cm³/mol. The predicted octanol–water partition coefficient (Wildman–Crippen LogP) is 4.55. The fourth-order valence-corrected chi connectivity index (χ4v) is 3.77. The van der Waals surface area contributed by atoms with Crippen molar-refractivity contribution in [2.45, 2.75) is 6.54 Å². The van der Waals surface area contributed by atoms with Gasteiger partial charge in [0.2, 0.25) is 0 Å². The highest BCUT2D eigenvalue weighted by molar-refractivity contribution is 7.21. The van der Waals surface area contributed by atoms with Crippen LogP contribution in [0, 0.1) is 0 Å². The number of halogens is 1. The number of amides is 1. The van der Waals surface area contributed by atoms with Gasteiger partial charge in [0.25, 0.3) is 5.91 Å². The van der Waals surface area contributed by atoms with Gasteiger partial charge in [-0.2, -0.15) is 0 Å². The molecule has 1 amide bonds. The highest BCUT2D eigenvalue weighted by Gasteiger charge is 2.16. The molecule has 0 aliphatic carbocycles. The Kier molecular flexibility index (Phi) is 4.55. The lowest BCUT2D eigenvalue weighted by atomic mass is 10.2. The number of carbonyl (C=O) groups is 1. The zero-order valence-corrected chi connectivity index (χ0v) is 14.5. The number of nitrogens with one attached hydrogen (secondary N) is 1. The van der Waals surface area contributed by atoms with Crippen LogP contribution >= 0.6 is 22.9 Å². The summed E-state index contributed by atoms with van der Waals surface area (Å²) >= 11 is 7.76. The van der Waals surface area contributed by atoms with Crippen LogP contribution in [-0.4, -0.2) is 20.0 Å². The number of rotatable bonds is 4. The van der Waals surface area contributed by atoms with Crippen molar-refractivity contribution in [1.29, 1.82) is 0 Å². The number of carbonyl (C=O) groups excluding carboxylic acids is 1. The van der Waals surface area contributed by atoms with E-state index in [0.717, 1.165) is 21.3 Å². The van der Waals surface area contributed by atoms with Crippen molar-refractivity contribution in [2.24, 2.45) is 0 Å². The van der Waals surface area contributed by atoms with Crippen molar-refractivity contribution in [2.75, 3.05) is 19.0 Å². The summed E-state index contributed by atoms with van der Waals surface area (Å²) in [6.45, 7) is 0.483. The lowest BCUT2D eigenvalue weighted by Gasteiger charge is -2.12. The Morgan fingerprint density at radius 1 is 1.13 bits per heavy atom. The average molecular weight is 345 g/mol. The van der Waals surface area contributed by atoms with Gasteiger partial charge in [-0.1, -0.05) is 41.9 Å². The molecule has 0 aliphatic heterocycles. The molecule has 118 valence electrons. The number of benzene rings is 2. The molecule has 0 unspecified atom stereocenters. The van der Waals surface area contributed by atoms with Gasteiger partial charge in [0.05, 0.1) is 5.02 Å². The number of thiophene rings is 1. The summed E-state index contributed by atoms with van der Waals surface area (Å²) in [6.07, 6.45) is 0. The van der Waals surface area contributed by atoms with E-state index in [2.05, 4.69) is 5.32 Å². The molecule has 0 atom stereocenters. The number of nitrogens with zero attached hydrogens (tertiary/aromatic N) is 1. The molecule has 1 aromatic heterocycles. The first kappa shape index (κ1) is 15.8. The maximum Gasteiger partial charge on any atom is 0.263 e. The maximum absolute atomic E-state index is 12.4. The summed E-state index contributed by atoms with van der Waals surface area (Å²) in [6, 6.07) is 15.9. The van der Waals surface area contributed by atoms with Gasteiger partial charge in [-0.15, -0.1) is 11.3 Å². The molecule has 23 heavy (non-hydrogen) atoms. The smallest absolute Gasteiger partial charge is 0.263 e. The number of hydrogen-bond acceptors (Lipinski definition) is 3. The van der Waals surface area contributed by atoms with Gasteiger partial charge in [0, 0.05) is 36.4 Å². The molecule has 0 fully saturated rings. The number of fused-ring (bicyclic) bond motifs is 1. The Morgan fingerprint density at radius 3 is 2.48 bits per heavy atom. The quantitative estimate of drug-likeness (QED) is 0.753. The molecular formula is C18H17ClN2OS. The average Bonchev–Trinajstić information content (AvgIpc) is 2.90. The van der Waals surface area contributed by atoms with Crippen LogP contribution in [0.5, 0.6) is 0 Å². The van der Waals surface area contributed by atoms with Crippen molar-refractivity contribution in [3.05, 3.63) is 64.0 Å². The van der Waals surface area contributed by atoms with Gasteiger partial charge >= 0.3 is 0 Å². The third-order valence-corrected chi connectivity index (χ3v) is 5.32. The van der Waals surface area contributed by atoms with E-state index in [1.807, 2.05) is 67.5 Å². The first-order chi connectivity index (χ1) is 11.1. The lowest BCUT2D eigenvalue weighted by Crippen LogP contribution is -2.22. The molecule has 2 aromatic carbocycles. The Bertz CT molecular complexity index is 840. The number of anilines is 1. The van der Waals surface area contributed by atoms with Crippen molar-refractivity contribution in [3.63, 3.8) is 0 Å². The minimum atomic E-state index is -0.132. The van der Waals surface area contributed by atoms with Crippen molar-refractivity contribution in [3.8, 4) is 0 Å². The highest BCUT2D eigenvalue weighted by atomic mass is 35.5. The monoisotopic (exact) mass is 344 g/mol. The Hall–Kier alpha value is -2.04. The largest absolute Gasteiger partial charge is 0.378 e. The van der Waals surface area contributed by atoms with Crippen LogP contribution in [0.25, 0.3) is 10.1 Å². The van der Waals surface area contributed by atoms with Crippen molar-refractivity contribution >= 4 is 44.6 Å². The van der Waals surface area contributed by atoms with Gasteiger partial charge in [-0.25, -0.2) is 0 Å². The van der Waals surface area contributed by atoms with Crippen LogP contribution in [0.2, 0.25) is 5.02 Å². The molecule has 1 N–H and O–H groups in total. The fraction of sp³-hybridized carbons (Fsp3) is 0.167. The second kappa shape index (κ2) is 6.60. The van der Waals surface area contributed by atoms with E-state index in [1.54, 1.807) is 0 Å². The minimum absolute atomic E-state index is 0.132. The Labute approximate surface area is 144 Å². The number of hydrogen-bond donors (Lipinski definition) is 1. The molecule has 0 bridgehead atoms. The summed E-state index contributed by atoms with van der Waals surface area (Å²) in [7, 11) is 4.00. The normalized spacial score (nSPS) is 10.7. The third-order valence-electron chi connectivity index (χ3n) is 3.65. The first-order valence-corrected chi connectivity index (χ1v) is 8.47. The van der Waals surface area contributed by atoms with Crippen LogP contribution in [-0.2, 0) is 6.54 Å². The molecule has 3 rings (SSSR count). The lowest BCUT2D eigenvalue weighted by molar-refractivity contribution is 0.0955. The molecule has 0 radical (unpaired) electrons. The van der Waals surface area contributed by atoms with Crippen LogP contribution in [0.15, 0.2) is 48.5 Å². The van der Waals surface area contributed by atoms with Gasteiger partial charge in [0.1, 0.15) is 4.88 Å². The van der Waals surface area contributed by atoms with Crippen LogP contribution in [0.4, 0.5) is 5.69 Å². The SMILES string of the molecule is CN(C)c1ccc(CNC(=O)c2sc3ccccc3c2Cl)cc1. The minimum Gasteiger partial charge on any atom is -0.378 e. The van der Waals surface area contributed by atoms with Crippen molar-refractivity contribution in [1.82, 2.24) is 5.32 Å².